The van der Waals surface area contributed by atoms with Crippen molar-refractivity contribution < 1.29 is 0 Å². The minimum absolute atomic E-state index is 0.554. The Labute approximate surface area is 114 Å². The van der Waals surface area contributed by atoms with Gasteiger partial charge in [0.2, 0.25) is 0 Å². The predicted octanol–water partition coefficient (Wildman–Crippen LogP) is 0.343. The van der Waals surface area contributed by atoms with Gasteiger partial charge >= 0.3 is 0 Å². The van der Waals surface area contributed by atoms with Gasteiger partial charge in [-0.05, 0) is 40.6 Å². The quantitative estimate of drug-likeness (QED) is 0.438. The van der Waals surface area contributed by atoms with E-state index in [9.17, 15) is 0 Å². The molecule has 1 aliphatic rings. The summed E-state index contributed by atoms with van der Waals surface area (Å²) in [5.74, 6) is 0. The summed E-state index contributed by atoms with van der Waals surface area (Å²) >= 11 is 0. The molecule has 0 saturated carbocycles. The first-order valence-electron chi connectivity index (χ1n) is 6.12. The summed E-state index contributed by atoms with van der Waals surface area (Å²) < 4.78 is 0. The molecule has 0 fully saturated rings. The maximum absolute atomic E-state index is 8.43. The first-order valence-corrected chi connectivity index (χ1v) is 7.54. The number of rotatable bonds is 1. The average Bonchev–Trinajstić information content (AvgIpc) is 2.37. The standard InChI is InChI=1S/C15H15N3Si/c1-2-8-5-10(17)7-13-14(8)15(18)11-4-3-9(16)6-12(11)19-13/h2-7,18H,1,16-17,19H2. The lowest BCUT2D eigenvalue weighted by molar-refractivity contribution is 1.46. The van der Waals surface area contributed by atoms with Crippen molar-refractivity contribution in [2.75, 3.05) is 11.5 Å². The van der Waals surface area contributed by atoms with E-state index in [1.54, 1.807) is 6.08 Å². The van der Waals surface area contributed by atoms with Crippen LogP contribution in [0.3, 0.4) is 0 Å². The smallest absolute Gasteiger partial charge is 0.0895 e. The van der Waals surface area contributed by atoms with Crippen molar-refractivity contribution in [1.29, 1.82) is 5.41 Å². The summed E-state index contributed by atoms with van der Waals surface area (Å²) in [6, 6.07) is 9.69. The molecule has 1 heterocycles. The zero-order valence-corrected chi connectivity index (χ0v) is 11.9. The van der Waals surface area contributed by atoms with Crippen LogP contribution in [0.25, 0.3) is 6.08 Å². The monoisotopic (exact) mass is 265 g/mol. The van der Waals surface area contributed by atoms with Gasteiger partial charge in [-0.2, -0.15) is 0 Å². The fraction of sp³-hybridized carbons (Fsp3) is 0. The average molecular weight is 265 g/mol. The van der Waals surface area contributed by atoms with Gasteiger partial charge in [-0.15, -0.1) is 0 Å². The van der Waals surface area contributed by atoms with Crippen LogP contribution in [-0.4, -0.2) is 15.2 Å². The Morgan fingerprint density at radius 1 is 1.05 bits per heavy atom. The van der Waals surface area contributed by atoms with E-state index in [1.807, 2.05) is 30.3 Å². The Balaban J connectivity index is 2.27. The van der Waals surface area contributed by atoms with Crippen LogP contribution in [0, 0.1) is 5.41 Å². The van der Waals surface area contributed by atoms with Crippen molar-refractivity contribution in [2.45, 2.75) is 0 Å². The highest BCUT2D eigenvalue weighted by Crippen LogP contribution is 2.20. The molecule has 5 N–H and O–H groups in total. The Kier molecular flexibility index (Phi) is 2.53. The van der Waals surface area contributed by atoms with E-state index in [4.69, 9.17) is 16.9 Å². The third kappa shape index (κ3) is 1.77. The van der Waals surface area contributed by atoms with Gasteiger partial charge in [0.15, 0.2) is 0 Å². The zero-order chi connectivity index (χ0) is 13.6. The second-order valence-electron chi connectivity index (χ2n) is 4.82. The number of hydrogen-bond donors (Lipinski definition) is 3. The maximum atomic E-state index is 8.43. The number of anilines is 2. The van der Waals surface area contributed by atoms with Crippen LogP contribution in [0.2, 0.25) is 0 Å². The van der Waals surface area contributed by atoms with Gasteiger partial charge in [0.25, 0.3) is 0 Å². The van der Waals surface area contributed by atoms with Crippen molar-refractivity contribution in [3.05, 3.63) is 53.6 Å². The molecule has 2 aromatic rings. The zero-order valence-electron chi connectivity index (χ0n) is 10.5. The largest absolute Gasteiger partial charge is 0.399 e. The number of fused-ring (bicyclic) bond motifs is 2. The minimum atomic E-state index is -0.649. The molecule has 0 amide bonds. The molecule has 4 heteroatoms. The molecule has 1 aliphatic heterocycles. The van der Waals surface area contributed by atoms with Gasteiger partial charge in [0.1, 0.15) is 0 Å². The SMILES string of the molecule is C=Cc1cc(N)cc2c1C(=N)c1ccc(N)cc1[SiH2]2. The van der Waals surface area contributed by atoms with Crippen molar-refractivity contribution in [1.82, 2.24) is 0 Å². The fourth-order valence-electron chi connectivity index (χ4n) is 2.70. The Morgan fingerprint density at radius 2 is 1.79 bits per heavy atom. The van der Waals surface area contributed by atoms with Gasteiger partial charge in [-0.3, -0.25) is 5.41 Å². The van der Waals surface area contributed by atoms with Crippen LogP contribution >= 0.6 is 0 Å². The molecule has 0 saturated heterocycles. The highest BCUT2D eigenvalue weighted by Gasteiger charge is 2.23. The molecule has 94 valence electrons. The van der Waals surface area contributed by atoms with E-state index in [0.29, 0.717) is 5.71 Å². The van der Waals surface area contributed by atoms with Gasteiger partial charge in [0.05, 0.1) is 15.2 Å². The second kappa shape index (κ2) is 4.10. The van der Waals surface area contributed by atoms with Crippen molar-refractivity contribution in [3.8, 4) is 0 Å². The number of nitrogens with one attached hydrogen (secondary N) is 1. The van der Waals surface area contributed by atoms with E-state index < -0.39 is 9.52 Å². The fourth-order valence-corrected chi connectivity index (χ4v) is 4.83. The van der Waals surface area contributed by atoms with E-state index >= 15 is 0 Å². The topological polar surface area (TPSA) is 75.9 Å². The lowest BCUT2D eigenvalue weighted by atomic mass is 9.96. The summed E-state index contributed by atoms with van der Waals surface area (Å²) in [6.07, 6.45) is 1.78. The first kappa shape index (κ1) is 11.7. The lowest BCUT2D eigenvalue weighted by Crippen LogP contribution is -2.41. The molecule has 0 bridgehead atoms. The highest BCUT2D eigenvalue weighted by molar-refractivity contribution is 6.72. The Morgan fingerprint density at radius 3 is 2.53 bits per heavy atom. The molecule has 0 spiro atoms. The van der Waals surface area contributed by atoms with Gasteiger partial charge in [-0.25, -0.2) is 0 Å². The van der Waals surface area contributed by atoms with E-state index in [1.165, 1.54) is 10.4 Å². The molecule has 0 radical (unpaired) electrons. The molecular formula is C15H15N3Si. The van der Waals surface area contributed by atoms with Gasteiger partial charge in [0, 0.05) is 16.9 Å². The van der Waals surface area contributed by atoms with Crippen LogP contribution in [0.5, 0.6) is 0 Å². The summed E-state index contributed by atoms with van der Waals surface area (Å²) in [4.78, 5) is 0. The molecule has 0 aliphatic carbocycles. The van der Waals surface area contributed by atoms with Crippen molar-refractivity contribution in [2.24, 2.45) is 0 Å². The van der Waals surface area contributed by atoms with E-state index in [-0.39, 0.29) is 0 Å². The number of nitrogen functional groups attached to an aromatic ring is 2. The third-order valence-electron chi connectivity index (χ3n) is 3.52. The van der Waals surface area contributed by atoms with Crippen LogP contribution < -0.4 is 21.8 Å². The van der Waals surface area contributed by atoms with E-state index in [0.717, 1.165) is 28.1 Å². The third-order valence-corrected chi connectivity index (χ3v) is 5.43. The molecular weight excluding hydrogens is 250 g/mol. The summed E-state index contributed by atoms with van der Waals surface area (Å²) in [5, 5.41) is 10.9. The molecule has 2 aromatic carbocycles. The molecule has 3 nitrogen and oxygen atoms in total. The Hall–Kier alpha value is -2.33. The van der Waals surface area contributed by atoms with Crippen molar-refractivity contribution in [3.63, 3.8) is 0 Å². The molecule has 19 heavy (non-hydrogen) atoms. The maximum Gasteiger partial charge on any atom is 0.0895 e. The molecule has 3 rings (SSSR count). The number of benzene rings is 2. The number of hydrogen-bond acceptors (Lipinski definition) is 3. The van der Waals surface area contributed by atoms with E-state index in [2.05, 4.69) is 6.58 Å². The van der Waals surface area contributed by atoms with Crippen LogP contribution in [0.4, 0.5) is 11.4 Å². The summed E-state index contributed by atoms with van der Waals surface area (Å²) in [7, 11) is -0.649. The Bertz CT molecular complexity index is 720. The predicted molar refractivity (Wildman–Crippen MR) is 85.5 cm³/mol. The van der Waals surface area contributed by atoms with Gasteiger partial charge < -0.3 is 11.5 Å². The highest BCUT2D eigenvalue weighted by atomic mass is 28.2. The van der Waals surface area contributed by atoms with Crippen LogP contribution in [0.1, 0.15) is 16.7 Å². The second-order valence-corrected chi connectivity index (χ2v) is 6.69. The normalized spacial score (nSPS) is 14.0. The molecule has 0 atom stereocenters. The minimum Gasteiger partial charge on any atom is -0.399 e. The van der Waals surface area contributed by atoms with Crippen LogP contribution in [-0.2, 0) is 0 Å². The van der Waals surface area contributed by atoms with Crippen molar-refractivity contribution >= 4 is 43.1 Å². The lowest BCUT2D eigenvalue weighted by Gasteiger charge is -2.23. The number of nitrogens with two attached hydrogens (primary N) is 2. The van der Waals surface area contributed by atoms with Crippen LogP contribution in [0.15, 0.2) is 36.9 Å². The van der Waals surface area contributed by atoms with Gasteiger partial charge in [-0.1, -0.05) is 23.9 Å². The molecule has 0 unspecified atom stereocenters. The molecule has 0 aromatic heterocycles. The summed E-state index contributed by atoms with van der Waals surface area (Å²) in [5.41, 5.74) is 16.8. The summed E-state index contributed by atoms with van der Waals surface area (Å²) in [6.45, 7) is 3.83. The first-order chi connectivity index (χ1) is 9.10.